The van der Waals surface area contributed by atoms with Crippen LogP contribution in [0.15, 0.2) is 0 Å². The van der Waals surface area contributed by atoms with Crippen LogP contribution in [0.3, 0.4) is 0 Å². The molecule has 0 aromatic carbocycles. The van der Waals surface area contributed by atoms with Gasteiger partial charge in [-0.2, -0.15) is 0 Å². The summed E-state index contributed by atoms with van der Waals surface area (Å²) < 4.78 is 0. The third-order valence-electron chi connectivity index (χ3n) is 1.83. The lowest BCUT2D eigenvalue weighted by Gasteiger charge is -2.15. The van der Waals surface area contributed by atoms with E-state index < -0.39 is 0 Å². The van der Waals surface area contributed by atoms with Gasteiger partial charge in [-0.1, -0.05) is 6.92 Å². The largest absolute Gasteiger partial charge is 0.352 e. The van der Waals surface area contributed by atoms with Crippen molar-refractivity contribution < 1.29 is 4.79 Å². The maximum atomic E-state index is 11.2. The summed E-state index contributed by atoms with van der Waals surface area (Å²) in [5.41, 5.74) is 0. The average molecular weight is 158 g/mol. The van der Waals surface area contributed by atoms with E-state index in [4.69, 9.17) is 0 Å². The molecule has 0 rings (SSSR count). The van der Waals surface area contributed by atoms with Gasteiger partial charge in [0, 0.05) is 6.04 Å². The molecule has 11 heavy (non-hydrogen) atoms. The summed E-state index contributed by atoms with van der Waals surface area (Å²) in [5.74, 6) is 0.0712. The van der Waals surface area contributed by atoms with E-state index in [1.54, 1.807) is 7.05 Å². The molecule has 0 aromatic heterocycles. The van der Waals surface area contributed by atoms with Crippen LogP contribution in [-0.4, -0.2) is 25.0 Å². The van der Waals surface area contributed by atoms with Gasteiger partial charge < -0.3 is 10.6 Å². The van der Waals surface area contributed by atoms with Crippen LogP contribution in [0.1, 0.15) is 27.2 Å². The molecule has 0 aliphatic rings. The van der Waals surface area contributed by atoms with Gasteiger partial charge in [-0.05, 0) is 27.3 Å². The first-order valence-electron chi connectivity index (χ1n) is 4.09. The van der Waals surface area contributed by atoms with Crippen molar-refractivity contribution in [3.05, 3.63) is 0 Å². The predicted octanol–water partition coefficient (Wildman–Crippen LogP) is 0.509. The Kier molecular flexibility index (Phi) is 4.86. The molecule has 0 saturated heterocycles. The molecule has 0 heterocycles. The van der Waals surface area contributed by atoms with E-state index in [1.165, 1.54) is 0 Å². The number of likely N-dealkylation sites (N-methyl/N-ethyl adjacent to an activating group) is 1. The monoisotopic (exact) mass is 158 g/mol. The van der Waals surface area contributed by atoms with Crippen molar-refractivity contribution in [2.45, 2.75) is 39.3 Å². The van der Waals surface area contributed by atoms with Gasteiger partial charge in [0.1, 0.15) is 0 Å². The number of carbonyl (C=O) groups excluding carboxylic acids is 1. The second-order valence-electron chi connectivity index (χ2n) is 2.83. The fourth-order valence-corrected chi connectivity index (χ4v) is 0.601. The Morgan fingerprint density at radius 2 is 2.00 bits per heavy atom. The van der Waals surface area contributed by atoms with Crippen LogP contribution >= 0.6 is 0 Å². The number of hydrogen-bond donors (Lipinski definition) is 2. The molecule has 0 unspecified atom stereocenters. The zero-order chi connectivity index (χ0) is 8.85. The molecule has 2 N–H and O–H groups in total. The van der Waals surface area contributed by atoms with Gasteiger partial charge in [0.2, 0.25) is 5.91 Å². The second-order valence-corrected chi connectivity index (χ2v) is 2.83. The molecule has 0 aliphatic heterocycles. The number of amides is 1. The lowest BCUT2D eigenvalue weighted by molar-refractivity contribution is -0.123. The van der Waals surface area contributed by atoms with E-state index in [9.17, 15) is 4.79 Å². The Balaban J connectivity index is 3.68. The maximum Gasteiger partial charge on any atom is 0.237 e. The fourth-order valence-electron chi connectivity index (χ4n) is 0.601. The Morgan fingerprint density at radius 3 is 2.36 bits per heavy atom. The summed E-state index contributed by atoms with van der Waals surface area (Å²) >= 11 is 0. The van der Waals surface area contributed by atoms with E-state index in [2.05, 4.69) is 17.6 Å². The summed E-state index contributed by atoms with van der Waals surface area (Å²) in [5, 5.41) is 5.76. The van der Waals surface area contributed by atoms with E-state index in [0.717, 1.165) is 6.42 Å². The number of carbonyl (C=O) groups is 1. The van der Waals surface area contributed by atoms with Gasteiger partial charge in [0.25, 0.3) is 0 Å². The number of nitrogens with one attached hydrogen (secondary N) is 2. The molecule has 2 atom stereocenters. The molecule has 0 fully saturated rings. The van der Waals surface area contributed by atoms with Gasteiger partial charge >= 0.3 is 0 Å². The number of rotatable bonds is 4. The van der Waals surface area contributed by atoms with Gasteiger partial charge in [-0.3, -0.25) is 4.79 Å². The van der Waals surface area contributed by atoms with Gasteiger partial charge in [-0.15, -0.1) is 0 Å². The van der Waals surface area contributed by atoms with Crippen molar-refractivity contribution in [1.29, 1.82) is 0 Å². The third kappa shape index (κ3) is 3.98. The third-order valence-corrected chi connectivity index (χ3v) is 1.83. The number of hydrogen-bond acceptors (Lipinski definition) is 2. The van der Waals surface area contributed by atoms with Gasteiger partial charge in [0.15, 0.2) is 0 Å². The Hall–Kier alpha value is -0.570. The molecular formula is C8H18N2O. The van der Waals surface area contributed by atoms with Crippen LogP contribution in [0.4, 0.5) is 0 Å². The Labute approximate surface area is 68.6 Å². The van der Waals surface area contributed by atoms with Crippen molar-refractivity contribution in [3.8, 4) is 0 Å². The van der Waals surface area contributed by atoms with E-state index >= 15 is 0 Å². The highest BCUT2D eigenvalue weighted by Gasteiger charge is 2.11. The lowest BCUT2D eigenvalue weighted by Crippen LogP contribution is -2.43. The first-order chi connectivity index (χ1) is 5.11. The quantitative estimate of drug-likeness (QED) is 0.626. The van der Waals surface area contributed by atoms with Crippen molar-refractivity contribution in [2.75, 3.05) is 7.05 Å². The first kappa shape index (κ1) is 10.4. The van der Waals surface area contributed by atoms with Crippen molar-refractivity contribution in [1.82, 2.24) is 10.6 Å². The Morgan fingerprint density at radius 1 is 1.45 bits per heavy atom. The van der Waals surface area contributed by atoms with E-state index in [0.29, 0.717) is 0 Å². The molecule has 3 nitrogen and oxygen atoms in total. The minimum absolute atomic E-state index is 0.0712. The summed E-state index contributed by atoms with van der Waals surface area (Å²) in [4.78, 5) is 11.2. The topological polar surface area (TPSA) is 41.1 Å². The summed E-state index contributed by atoms with van der Waals surface area (Å²) in [6.07, 6.45) is 0.974. The molecule has 0 bridgehead atoms. The fraction of sp³-hybridized carbons (Fsp3) is 0.875. The molecule has 0 saturated carbocycles. The Bertz CT molecular complexity index is 125. The summed E-state index contributed by atoms with van der Waals surface area (Å²) in [6.45, 7) is 5.90. The summed E-state index contributed by atoms with van der Waals surface area (Å²) in [7, 11) is 1.78. The van der Waals surface area contributed by atoms with Crippen LogP contribution in [0.25, 0.3) is 0 Å². The average Bonchev–Trinajstić information content (AvgIpc) is 2.02. The lowest BCUT2D eigenvalue weighted by atomic mass is 10.2. The molecule has 0 aliphatic carbocycles. The minimum Gasteiger partial charge on any atom is -0.352 e. The van der Waals surface area contributed by atoms with Gasteiger partial charge in [0.05, 0.1) is 6.04 Å². The normalized spacial score (nSPS) is 15.6. The van der Waals surface area contributed by atoms with E-state index in [-0.39, 0.29) is 18.0 Å². The van der Waals surface area contributed by atoms with Crippen LogP contribution in [0.5, 0.6) is 0 Å². The van der Waals surface area contributed by atoms with Crippen LogP contribution in [0, 0.1) is 0 Å². The van der Waals surface area contributed by atoms with Crippen LogP contribution in [-0.2, 0) is 4.79 Å². The van der Waals surface area contributed by atoms with Crippen LogP contribution in [0.2, 0.25) is 0 Å². The minimum atomic E-state index is -0.0935. The van der Waals surface area contributed by atoms with Crippen molar-refractivity contribution in [3.63, 3.8) is 0 Å². The highest BCUT2D eigenvalue weighted by molar-refractivity contribution is 5.81. The highest BCUT2D eigenvalue weighted by atomic mass is 16.2. The molecule has 1 amide bonds. The molecule has 3 heteroatoms. The molecule has 66 valence electrons. The zero-order valence-electron chi connectivity index (χ0n) is 7.77. The van der Waals surface area contributed by atoms with Gasteiger partial charge in [-0.25, -0.2) is 0 Å². The predicted molar refractivity (Wildman–Crippen MR) is 46.4 cm³/mol. The van der Waals surface area contributed by atoms with Crippen LogP contribution < -0.4 is 10.6 Å². The smallest absolute Gasteiger partial charge is 0.237 e. The second kappa shape index (κ2) is 5.13. The SMILES string of the molecule is CC[C@@H](C)NC(=O)[C@H](C)NC. The van der Waals surface area contributed by atoms with Crippen molar-refractivity contribution in [2.24, 2.45) is 0 Å². The highest BCUT2D eigenvalue weighted by Crippen LogP contribution is 1.89. The zero-order valence-corrected chi connectivity index (χ0v) is 7.77. The molecule has 0 spiro atoms. The maximum absolute atomic E-state index is 11.2. The molecule has 0 aromatic rings. The standard InChI is InChI=1S/C8H18N2O/c1-5-6(2)10-8(11)7(3)9-4/h6-7,9H,5H2,1-4H3,(H,10,11)/t6-,7+/m1/s1. The first-order valence-corrected chi connectivity index (χ1v) is 4.09. The van der Waals surface area contributed by atoms with E-state index in [1.807, 2.05) is 13.8 Å². The molecular weight excluding hydrogens is 140 g/mol. The molecule has 0 radical (unpaired) electrons. The summed E-state index contributed by atoms with van der Waals surface area (Å²) in [6, 6.07) is 0.183. The van der Waals surface area contributed by atoms with Crippen molar-refractivity contribution >= 4 is 5.91 Å².